The molecule has 0 radical (unpaired) electrons. The van der Waals surface area contributed by atoms with Crippen molar-refractivity contribution in [3.05, 3.63) is 89.1 Å². The standard InChI is InChI=1S/C26H28N2O3/c1-29-22-9-7-21(8-10-22)18-30-25-23-19-31-26(24(23)11-14-27-25)12-15-28(16-13-26)17-20-5-3-2-4-6-20/h2-11,14H,12-13,15-19H2,1H3. The lowest BCUT2D eigenvalue weighted by molar-refractivity contribution is -0.0800. The quantitative estimate of drug-likeness (QED) is 0.583. The van der Waals surface area contributed by atoms with Gasteiger partial charge >= 0.3 is 0 Å². The Labute approximate surface area is 183 Å². The van der Waals surface area contributed by atoms with Crippen LogP contribution in [-0.2, 0) is 30.1 Å². The first-order valence-corrected chi connectivity index (χ1v) is 10.9. The number of hydrogen-bond acceptors (Lipinski definition) is 5. The fourth-order valence-corrected chi connectivity index (χ4v) is 4.65. The van der Waals surface area contributed by atoms with Crippen molar-refractivity contribution >= 4 is 0 Å². The predicted octanol–water partition coefficient (Wildman–Crippen LogP) is 4.69. The Morgan fingerprint density at radius 2 is 1.74 bits per heavy atom. The first kappa shape index (κ1) is 20.0. The zero-order valence-corrected chi connectivity index (χ0v) is 17.9. The van der Waals surface area contributed by atoms with Gasteiger partial charge in [0.2, 0.25) is 5.88 Å². The van der Waals surface area contributed by atoms with E-state index in [-0.39, 0.29) is 5.60 Å². The highest BCUT2D eigenvalue weighted by atomic mass is 16.5. The molecule has 2 aromatic carbocycles. The molecule has 3 heterocycles. The molecule has 0 saturated carbocycles. The maximum atomic E-state index is 6.41. The monoisotopic (exact) mass is 416 g/mol. The largest absolute Gasteiger partial charge is 0.497 e. The molecule has 0 unspecified atom stereocenters. The van der Waals surface area contributed by atoms with E-state index in [1.807, 2.05) is 30.5 Å². The molecule has 0 N–H and O–H groups in total. The topological polar surface area (TPSA) is 43.8 Å². The first-order chi connectivity index (χ1) is 15.3. The second kappa shape index (κ2) is 8.69. The number of likely N-dealkylation sites (tertiary alicyclic amines) is 1. The highest BCUT2D eigenvalue weighted by molar-refractivity contribution is 5.41. The van der Waals surface area contributed by atoms with Crippen molar-refractivity contribution in [3.8, 4) is 11.6 Å². The summed E-state index contributed by atoms with van der Waals surface area (Å²) in [6.45, 7) is 4.10. The van der Waals surface area contributed by atoms with Gasteiger partial charge in [-0.3, -0.25) is 4.90 Å². The van der Waals surface area contributed by atoms with Gasteiger partial charge in [0, 0.05) is 31.4 Å². The van der Waals surface area contributed by atoms with E-state index in [9.17, 15) is 0 Å². The van der Waals surface area contributed by atoms with Gasteiger partial charge < -0.3 is 14.2 Å². The van der Waals surface area contributed by atoms with Crippen LogP contribution < -0.4 is 9.47 Å². The van der Waals surface area contributed by atoms with Crippen molar-refractivity contribution in [1.29, 1.82) is 0 Å². The summed E-state index contributed by atoms with van der Waals surface area (Å²) in [6, 6.07) is 20.7. The van der Waals surface area contributed by atoms with Gasteiger partial charge in [0.25, 0.3) is 0 Å². The van der Waals surface area contributed by atoms with E-state index in [1.54, 1.807) is 7.11 Å². The molecule has 0 amide bonds. The van der Waals surface area contributed by atoms with Crippen LogP contribution in [0.25, 0.3) is 0 Å². The zero-order valence-electron chi connectivity index (χ0n) is 17.9. The Morgan fingerprint density at radius 1 is 0.968 bits per heavy atom. The highest BCUT2D eigenvalue weighted by Crippen LogP contribution is 2.46. The molecule has 31 heavy (non-hydrogen) atoms. The molecule has 1 saturated heterocycles. The van der Waals surface area contributed by atoms with Gasteiger partial charge in [-0.1, -0.05) is 42.5 Å². The van der Waals surface area contributed by atoms with Crippen molar-refractivity contribution in [2.45, 2.75) is 38.2 Å². The highest BCUT2D eigenvalue weighted by Gasteiger charge is 2.44. The lowest BCUT2D eigenvalue weighted by Gasteiger charge is -2.39. The Kier molecular flexibility index (Phi) is 5.62. The van der Waals surface area contributed by atoms with Crippen LogP contribution in [0.4, 0.5) is 0 Å². The Balaban J connectivity index is 1.25. The minimum Gasteiger partial charge on any atom is -0.497 e. The van der Waals surface area contributed by atoms with Gasteiger partial charge in [-0.05, 0) is 47.7 Å². The molecule has 0 bridgehead atoms. The molecule has 1 fully saturated rings. The number of pyridine rings is 1. The van der Waals surface area contributed by atoms with E-state index in [0.29, 0.717) is 19.1 Å². The van der Waals surface area contributed by atoms with Crippen LogP contribution in [0.5, 0.6) is 11.6 Å². The van der Waals surface area contributed by atoms with Gasteiger partial charge in [0.15, 0.2) is 0 Å². The summed E-state index contributed by atoms with van der Waals surface area (Å²) in [7, 11) is 1.67. The molecule has 2 aliphatic rings. The smallest absolute Gasteiger partial charge is 0.219 e. The second-order valence-electron chi connectivity index (χ2n) is 8.32. The molecule has 1 aromatic heterocycles. The fourth-order valence-electron chi connectivity index (χ4n) is 4.65. The van der Waals surface area contributed by atoms with E-state index in [1.165, 1.54) is 11.1 Å². The average molecular weight is 417 g/mol. The lowest BCUT2D eigenvalue weighted by atomic mass is 9.84. The molecule has 5 heteroatoms. The average Bonchev–Trinajstić information content (AvgIpc) is 3.19. The molecule has 3 aromatic rings. The molecular weight excluding hydrogens is 388 g/mol. The number of nitrogens with zero attached hydrogens (tertiary/aromatic N) is 2. The number of ether oxygens (including phenoxy) is 3. The van der Waals surface area contributed by atoms with Gasteiger partial charge in [0.05, 0.1) is 19.3 Å². The molecule has 0 atom stereocenters. The van der Waals surface area contributed by atoms with Crippen molar-refractivity contribution < 1.29 is 14.2 Å². The molecule has 5 nitrogen and oxygen atoms in total. The third-order valence-electron chi connectivity index (χ3n) is 6.45. The van der Waals surface area contributed by atoms with Crippen LogP contribution in [0, 0.1) is 0 Å². The number of rotatable bonds is 6. The number of aromatic nitrogens is 1. The summed E-state index contributed by atoms with van der Waals surface area (Å²) in [4.78, 5) is 7.03. The summed E-state index contributed by atoms with van der Waals surface area (Å²) in [5, 5.41) is 0. The summed E-state index contributed by atoms with van der Waals surface area (Å²) in [5.41, 5.74) is 4.61. The normalized spacial score (nSPS) is 17.5. The van der Waals surface area contributed by atoms with E-state index < -0.39 is 0 Å². The van der Waals surface area contributed by atoms with Crippen LogP contribution in [-0.4, -0.2) is 30.1 Å². The Hall–Kier alpha value is -2.89. The molecule has 1 spiro atoms. The third-order valence-corrected chi connectivity index (χ3v) is 6.45. The van der Waals surface area contributed by atoms with Gasteiger partial charge in [-0.15, -0.1) is 0 Å². The van der Waals surface area contributed by atoms with Crippen LogP contribution in [0.1, 0.15) is 35.1 Å². The SMILES string of the molecule is COc1ccc(COc2nccc3c2COC32CCN(Cc3ccccc3)CC2)cc1. The van der Waals surface area contributed by atoms with E-state index in [2.05, 4.69) is 46.3 Å². The molecule has 160 valence electrons. The number of benzene rings is 2. The van der Waals surface area contributed by atoms with Crippen LogP contribution in [0.3, 0.4) is 0 Å². The number of piperidine rings is 1. The number of methoxy groups -OCH3 is 1. The van der Waals surface area contributed by atoms with E-state index in [0.717, 1.165) is 49.4 Å². The summed E-state index contributed by atoms with van der Waals surface area (Å²) in [6.07, 6.45) is 3.85. The zero-order chi connectivity index (χ0) is 21.1. The first-order valence-electron chi connectivity index (χ1n) is 10.9. The van der Waals surface area contributed by atoms with Gasteiger partial charge in [0.1, 0.15) is 12.4 Å². The lowest BCUT2D eigenvalue weighted by Crippen LogP contribution is -2.42. The van der Waals surface area contributed by atoms with Gasteiger partial charge in [-0.25, -0.2) is 4.98 Å². The molecular formula is C26H28N2O3. The second-order valence-corrected chi connectivity index (χ2v) is 8.32. The minimum absolute atomic E-state index is 0.205. The maximum absolute atomic E-state index is 6.41. The Morgan fingerprint density at radius 3 is 2.48 bits per heavy atom. The van der Waals surface area contributed by atoms with E-state index >= 15 is 0 Å². The number of hydrogen-bond donors (Lipinski definition) is 0. The molecule has 2 aliphatic heterocycles. The van der Waals surface area contributed by atoms with Crippen molar-refractivity contribution in [2.75, 3.05) is 20.2 Å². The van der Waals surface area contributed by atoms with Crippen LogP contribution >= 0.6 is 0 Å². The van der Waals surface area contributed by atoms with Gasteiger partial charge in [-0.2, -0.15) is 0 Å². The third kappa shape index (κ3) is 4.16. The van der Waals surface area contributed by atoms with Crippen LogP contribution in [0.2, 0.25) is 0 Å². The van der Waals surface area contributed by atoms with Crippen molar-refractivity contribution in [3.63, 3.8) is 0 Å². The van der Waals surface area contributed by atoms with E-state index in [4.69, 9.17) is 14.2 Å². The summed E-state index contributed by atoms with van der Waals surface area (Å²) in [5.74, 6) is 1.54. The summed E-state index contributed by atoms with van der Waals surface area (Å²) < 4.78 is 17.7. The Bertz CT molecular complexity index is 1010. The minimum atomic E-state index is -0.205. The van der Waals surface area contributed by atoms with Crippen LogP contribution in [0.15, 0.2) is 66.9 Å². The molecule has 5 rings (SSSR count). The number of fused-ring (bicyclic) bond motifs is 2. The van der Waals surface area contributed by atoms with Crippen molar-refractivity contribution in [2.24, 2.45) is 0 Å². The predicted molar refractivity (Wildman–Crippen MR) is 119 cm³/mol. The maximum Gasteiger partial charge on any atom is 0.219 e. The fraction of sp³-hybridized carbons (Fsp3) is 0.346. The molecule has 0 aliphatic carbocycles. The van der Waals surface area contributed by atoms with Crippen molar-refractivity contribution in [1.82, 2.24) is 9.88 Å². The summed E-state index contributed by atoms with van der Waals surface area (Å²) >= 11 is 0.